The first-order valence-electron chi connectivity index (χ1n) is 3.86. The van der Waals surface area contributed by atoms with Gasteiger partial charge in [0.1, 0.15) is 0 Å². The second-order valence-electron chi connectivity index (χ2n) is 2.99. The van der Waals surface area contributed by atoms with Gasteiger partial charge in [-0.15, -0.1) is 0 Å². The van der Waals surface area contributed by atoms with Gasteiger partial charge >= 0.3 is 12.0 Å². The van der Waals surface area contributed by atoms with Gasteiger partial charge in [-0.1, -0.05) is 0 Å². The summed E-state index contributed by atoms with van der Waals surface area (Å²) in [5.74, 6) is -2.47. The second-order valence-corrected chi connectivity index (χ2v) is 2.99. The van der Waals surface area contributed by atoms with Gasteiger partial charge in [0.2, 0.25) is 0 Å². The Morgan fingerprint density at radius 2 is 1.86 bits per heavy atom. The lowest BCUT2D eigenvalue weighted by molar-refractivity contribution is -0.0893. The molecule has 0 bridgehead atoms. The minimum atomic E-state index is -4.86. The Kier molecular flexibility index (Phi) is 2.39. The van der Waals surface area contributed by atoms with E-state index < -0.39 is 17.8 Å². The van der Waals surface area contributed by atoms with Crippen LogP contribution in [0.1, 0.15) is 22.0 Å². The van der Waals surface area contributed by atoms with E-state index in [2.05, 4.69) is 4.98 Å². The van der Waals surface area contributed by atoms with Crippen molar-refractivity contribution in [3.05, 3.63) is 17.2 Å². The highest BCUT2D eigenvalue weighted by Crippen LogP contribution is 2.21. The molecule has 0 saturated heterocycles. The molecule has 0 unspecified atom stereocenters. The molecule has 0 aliphatic rings. The largest absolute Gasteiger partial charge is 0.458 e. The van der Waals surface area contributed by atoms with Gasteiger partial charge in [-0.05, 0) is 13.8 Å². The number of Topliss-reactive ketones (excluding diaryl/α,β-unsaturated/α-hetero) is 1. The predicted molar refractivity (Wildman–Crippen MR) is 43.1 cm³/mol. The van der Waals surface area contributed by atoms with Crippen molar-refractivity contribution in [2.24, 2.45) is 7.05 Å². The summed E-state index contributed by atoms with van der Waals surface area (Å²) in [6.45, 7) is 3.16. The predicted octanol–water partition coefficient (Wildman–Crippen LogP) is 1.78. The lowest BCUT2D eigenvalue weighted by atomic mass is 10.3. The van der Waals surface area contributed by atoms with Gasteiger partial charge in [-0.3, -0.25) is 4.79 Å². The van der Waals surface area contributed by atoms with Crippen LogP contribution >= 0.6 is 0 Å². The van der Waals surface area contributed by atoms with Gasteiger partial charge < -0.3 is 4.57 Å². The average Bonchev–Trinajstić information content (AvgIpc) is 2.30. The van der Waals surface area contributed by atoms with E-state index >= 15 is 0 Å². The van der Waals surface area contributed by atoms with Gasteiger partial charge in [0.15, 0.2) is 5.82 Å². The zero-order valence-corrected chi connectivity index (χ0v) is 7.94. The first-order valence-corrected chi connectivity index (χ1v) is 3.86. The number of imidazole rings is 1. The minimum Gasteiger partial charge on any atom is -0.328 e. The van der Waals surface area contributed by atoms with Crippen LogP contribution in [0.3, 0.4) is 0 Å². The maximum atomic E-state index is 12.1. The molecule has 6 heteroatoms. The highest BCUT2D eigenvalue weighted by molar-refractivity contribution is 5.97. The Morgan fingerprint density at radius 1 is 1.36 bits per heavy atom. The molecule has 3 nitrogen and oxygen atoms in total. The van der Waals surface area contributed by atoms with Crippen LogP contribution in [0.15, 0.2) is 0 Å². The normalized spacial score (nSPS) is 11.9. The molecule has 1 rings (SSSR count). The van der Waals surface area contributed by atoms with E-state index in [9.17, 15) is 18.0 Å². The van der Waals surface area contributed by atoms with E-state index in [0.29, 0.717) is 11.4 Å². The van der Waals surface area contributed by atoms with E-state index in [1.54, 1.807) is 13.8 Å². The first kappa shape index (κ1) is 10.7. The molecule has 78 valence electrons. The highest BCUT2D eigenvalue weighted by atomic mass is 19.4. The summed E-state index contributed by atoms with van der Waals surface area (Å²) in [7, 11) is 1.38. The number of aryl methyl sites for hydroxylation is 1. The molecule has 0 atom stereocenters. The van der Waals surface area contributed by atoms with Crippen LogP contribution in [0.5, 0.6) is 0 Å². The molecule has 0 N–H and O–H groups in total. The van der Waals surface area contributed by atoms with E-state index in [-0.39, 0.29) is 0 Å². The number of carbonyl (C=O) groups is 1. The summed E-state index contributed by atoms with van der Waals surface area (Å²) in [5.41, 5.74) is 0.984. The van der Waals surface area contributed by atoms with Crippen molar-refractivity contribution in [1.29, 1.82) is 0 Å². The molecule has 0 radical (unpaired) electrons. The number of rotatable bonds is 1. The molecule has 14 heavy (non-hydrogen) atoms. The standard InChI is InChI=1S/C8H9F3N2O/c1-4-5(2)13(3)7(12-4)6(14)8(9,10)11/h1-3H3. The van der Waals surface area contributed by atoms with Crippen molar-refractivity contribution in [3.8, 4) is 0 Å². The van der Waals surface area contributed by atoms with Gasteiger partial charge in [0.05, 0.1) is 5.69 Å². The average molecular weight is 206 g/mol. The maximum absolute atomic E-state index is 12.1. The van der Waals surface area contributed by atoms with Gasteiger partial charge in [-0.25, -0.2) is 4.98 Å². The fourth-order valence-corrected chi connectivity index (χ4v) is 1.05. The molecular weight excluding hydrogens is 197 g/mol. The van der Waals surface area contributed by atoms with Crippen molar-refractivity contribution in [3.63, 3.8) is 0 Å². The quantitative estimate of drug-likeness (QED) is 0.656. The lowest BCUT2D eigenvalue weighted by Gasteiger charge is -2.04. The van der Waals surface area contributed by atoms with Crippen LogP contribution in [0.2, 0.25) is 0 Å². The fraction of sp³-hybridized carbons (Fsp3) is 0.500. The van der Waals surface area contributed by atoms with E-state index in [1.165, 1.54) is 7.05 Å². The Balaban J connectivity index is 3.22. The molecule has 0 aromatic carbocycles. The van der Waals surface area contributed by atoms with Crippen LogP contribution in [0.25, 0.3) is 0 Å². The van der Waals surface area contributed by atoms with Crippen LogP contribution in [0, 0.1) is 13.8 Å². The highest BCUT2D eigenvalue weighted by Gasteiger charge is 2.42. The van der Waals surface area contributed by atoms with Gasteiger partial charge in [-0.2, -0.15) is 13.2 Å². The first-order chi connectivity index (χ1) is 6.25. The van der Waals surface area contributed by atoms with E-state index in [4.69, 9.17) is 0 Å². The summed E-state index contributed by atoms with van der Waals surface area (Å²) >= 11 is 0. The topological polar surface area (TPSA) is 34.9 Å². The van der Waals surface area contributed by atoms with Crippen LogP contribution in [0.4, 0.5) is 13.2 Å². The van der Waals surface area contributed by atoms with Gasteiger partial charge in [0, 0.05) is 12.7 Å². The third kappa shape index (κ3) is 1.64. The van der Waals surface area contributed by atoms with Crippen LogP contribution < -0.4 is 0 Å². The number of carbonyl (C=O) groups excluding carboxylic acids is 1. The smallest absolute Gasteiger partial charge is 0.328 e. The Morgan fingerprint density at radius 3 is 2.14 bits per heavy atom. The van der Waals surface area contributed by atoms with Crippen molar-refractivity contribution >= 4 is 5.78 Å². The SMILES string of the molecule is Cc1nc(C(=O)C(F)(F)F)n(C)c1C. The van der Waals surface area contributed by atoms with Crippen molar-refractivity contribution < 1.29 is 18.0 Å². The molecule has 1 heterocycles. The summed E-state index contributed by atoms with van der Waals surface area (Å²) in [5, 5.41) is 0. The van der Waals surface area contributed by atoms with Gasteiger partial charge in [0.25, 0.3) is 0 Å². The molecule has 0 amide bonds. The zero-order valence-electron chi connectivity index (χ0n) is 7.94. The van der Waals surface area contributed by atoms with Crippen LogP contribution in [-0.2, 0) is 7.05 Å². The number of halogens is 3. The third-order valence-electron chi connectivity index (χ3n) is 2.08. The maximum Gasteiger partial charge on any atom is 0.458 e. The summed E-state index contributed by atoms with van der Waals surface area (Å²) in [6, 6.07) is 0. The van der Waals surface area contributed by atoms with Crippen molar-refractivity contribution in [2.45, 2.75) is 20.0 Å². The number of alkyl halides is 3. The molecule has 0 aliphatic heterocycles. The summed E-state index contributed by atoms with van der Waals surface area (Å²) in [6.07, 6.45) is -4.86. The molecule has 1 aromatic heterocycles. The lowest BCUT2D eigenvalue weighted by Crippen LogP contribution is -2.26. The van der Waals surface area contributed by atoms with E-state index in [1.807, 2.05) is 0 Å². The molecule has 0 fully saturated rings. The minimum absolute atomic E-state index is 0.431. The van der Waals surface area contributed by atoms with Crippen molar-refractivity contribution in [2.75, 3.05) is 0 Å². The Bertz CT molecular complexity index is 379. The number of hydrogen-bond donors (Lipinski definition) is 0. The Hall–Kier alpha value is -1.33. The number of ketones is 1. The summed E-state index contributed by atoms with van der Waals surface area (Å²) < 4.78 is 37.3. The molecule has 0 spiro atoms. The molecule has 1 aromatic rings. The zero-order chi connectivity index (χ0) is 11.1. The fourth-order valence-electron chi connectivity index (χ4n) is 1.05. The van der Waals surface area contributed by atoms with E-state index in [0.717, 1.165) is 4.57 Å². The second kappa shape index (κ2) is 3.11. The molecule has 0 aliphatic carbocycles. The van der Waals surface area contributed by atoms with Crippen molar-refractivity contribution in [1.82, 2.24) is 9.55 Å². The van der Waals surface area contributed by atoms with Crippen LogP contribution in [-0.4, -0.2) is 21.5 Å². The Labute approximate surface area is 78.6 Å². The number of hydrogen-bond acceptors (Lipinski definition) is 2. The number of nitrogens with zero attached hydrogens (tertiary/aromatic N) is 2. The number of aromatic nitrogens is 2. The monoisotopic (exact) mass is 206 g/mol. The third-order valence-corrected chi connectivity index (χ3v) is 2.08. The summed E-state index contributed by atoms with van der Waals surface area (Å²) in [4.78, 5) is 14.4. The molecule has 0 saturated carbocycles. The molecular formula is C8H9F3N2O.